The molecule has 1 N–H and O–H groups in total. The second-order valence-electron chi connectivity index (χ2n) is 4.04. The lowest BCUT2D eigenvalue weighted by atomic mass is 10.1. The molecule has 0 spiro atoms. The lowest BCUT2D eigenvalue weighted by Gasteiger charge is -2.09. The number of hydrogen-bond donors (Lipinski definition) is 1. The quantitative estimate of drug-likeness (QED) is 0.884. The van der Waals surface area contributed by atoms with E-state index in [1.807, 2.05) is 6.07 Å². The molecule has 0 saturated heterocycles. The summed E-state index contributed by atoms with van der Waals surface area (Å²) in [6.45, 7) is 1.68. The number of sulfonamides is 1. The summed E-state index contributed by atoms with van der Waals surface area (Å²) >= 11 is 5.82. The number of nitrogens with one attached hydrogen (secondary N) is 1. The zero-order valence-corrected chi connectivity index (χ0v) is 12.0. The zero-order valence-electron chi connectivity index (χ0n) is 10.5. The number of nitrogens with zero attached hydrogens (tertiary/aromatic N) is 2. The maximum atomic E-state index is 12.2. The maximum Gasteiger partial charge on any atom is 0.262 e. The van der Waals surface area contributed by atoms with E-state index in [2.05, 4.69) is 9.71 Å². The molecule has 0 aliphatic rings. The van der Waals surface area contributed by atoms with Crippen LogP contribution in [0.15, 0.2) is 41.4 Å². The standard InChI is InChI=1S/C13H10ClN3O2S/c1-9-7-11(5-4-10(9)8-15)20(18,19)17-12-3-2-6-16-13(12)14/h2-7,17H,1H3. The molecule has 2 rings (SSSR count). The molecular weight excluding hydrogens is 298 g/mol. The van der Waals surface area contributed by atoms with Gasteiger partial charge in [-0.2, -0.15) is 5.26 Å². The lowest BCUT2D eigenvalue weighted by Crippen LogP contribution is -2.13. The van der Waals surface area contributed by atoms with E-state index in [-0.39, 0.29) is 15.7 Å². The van der Waals surface area contributed by atoms with Crippen LogP contribution in [-0.4, -0.2) is 13.4 Å². The predicted molar refractivity (Wildman–Crippen MR) is 75.9 cm³/mol. The minimum atomic E-state index is -3.77. The second kappa shape index (κ2) is 5.49. The molecule has 5 nitrogen and oxygen atoms in total. The number of pyridine rings is 1. The van der Waals surface area contributed by atoms with Gasteiger partial charge in [0.25, 0.3) is 10.0 Å². The molecule has 0 bridgehead atoms. The van der Waals surface area contributed by atoms with E-state index in [1.165, 1.54) is 30.5 Å². The zero-order chi connectivity index (χ0) is 14.8. The van der Waals surface area contributed by atoms with Crippen molar-refractivity contribution in [1.29, 1.82) is 5.26 Å². The van der Waals surface area contributed by atoms with E-state index >= 15 is 0 Å². The van der Waals surface area contributed by atoms with Crippen LogP contribution in [0.1, 0.15) is 11.1 Å². The summed E-state index contributed by atoms with van der Waals surface area (Å²) in [6, 6.07) is 9.36. The third kappa shape index (κ3) is 2.90. The van der Waals surface area contributed by atoms with Gasteiger partial charge in [-0.25, -0.2) is 13.4 Å². The summed E-state index contributed by atoms with van der Waals surface area (Å²) in [4.78, 5) is 3.86. The molecular formula is C13H10ClN3O2S. The Morgan fingerprint density at radius 2 is 2.10 bits per heavy atom. The van der Waals surface area contributed by atoms with Crippen molar-refractivity contribution in [3.05, 3.63) is 52.8 Å². The Kier molecular flexibility index (Phi) is 3.93. The second-order valence-corrected chi connectivity index (χ2v) is 6.08. The van der Waals surface area contributed by atoms with E-state index in [9.17, 15) is 8.42 Å². The Labute approximate surface area is 121 Å². The van der Waals surface area contributed by atoms with Crippen LogP contribution in [0.2, 0.25) is 5.15 Å². The first kappa shape index (κ1) is 14.3. The maximum absolute atomic E-state index is 12.2. The Hall–Kier alpha value is -2.10. The van der Waals surface area contributed by atoms with Gasteiger partial charge in [0.2, 0.25) is 0 Å². The number of hydrogen-bond acceptors (Lipinski definition) is 4. The average Bonchev–Trinajstić information content (AvgIpc) is 2.41. The van der Waals surface area contributed by atoms with Gasteiger partial charge in [0.05, 0.1) is 22.2 Å². The highest BCUT2D eigenvalue weighted by molar-refractivity contribution is 7.92. The highest BCUT2D eigenvalue weighted by atomic mass is 35.5. The van der Waals surface area contributed by atoms with Gasteiger partial charge < -0.3 is 0 Å². The molecule has 0 aliphatic heterocycles. The third-order valence-corrected chi connectivity index (χ3v) is 4.30. The van der Waals surface area contributed by atoms with Gasteiger partial charge in [0, 0.05) is 6.20 Å². The summed E-state index contributed by atoms with van der Waals surface area (Å²) < 4.78 is 26.8. The van der Waals surface area contributed by atoms with Crippen molar-refractivity contribution >= 4 is 27.3 Å². The molecule has 0 aliphatic carbocycles. The molecule has 0 unspecified atom stereocenters. The highest BCUT2D eigenvalue weighted by Crippen LogP contribution is 2.23. The number of halogens is 1. The molecule has 7 heteroatoms. The van der Waals surface area contributed by atoms with E-state index < -0.39 is 10.0 Å². The van der Waals surface area contributed by atoms with E-state index in [4.69, 9.17) is 16.9 Å². The van der Waals surface area contributed by atoms with Crippen molar-refractivity contribution < 1.29 is 8.42 Å². The van der Waals surface area contributed by atoms with Gasteiger partial charge in [-0.3, -0.25) is 4.72 Å². The molecule has 102 valence electrons. The highest BCUT2D eigenvalue weighted by Gasteiger charge is 2.16. The van der Waals surface area contributed by atoms with Crippen molar-refractivity contribution in [2.24, 2.45) is 0 Å². The first-order valence-corrected chi connectivity index (χ1v) is 7.44. The number of benzene rings is 1. The molecule has 0 amide bonds. The number of rotatable bonds is 3. The Morgan fingerprint density at radius 3 is 2.70 bits per heavy atom. The van der Waals surface area contributed by atoms with Crippen LogP contribution in [0.5, 0.6) is 0 Å². The van der Waals surface area contributed by atoms with Crippen molar-refractivity contribution in [3.63, 3.8) is 0 Å². The summed E-state index contributed by atoms with van der Waals surface area (Å²) in [6.07, 6.45) is 1.46. The Balaban J connectivity index is 2.39. The largest absolute Gasteiger partial charge is 0.276 e. The fourth-order valence-corrected chi connectivity index (χ4v) is 2.97. The number of nitriles is 1. The van der Waals surface area contributed by atoms with Crippen LogP contribution < -0.4 is 4.72 Å². The summed E-state index contributed by atoms with van der Waals surface area (Å²) in [7, 11) is -3.77. The third-order valence-electron chi connectivity index (χ3n) is 2.63. The molecule has 20 heavy (non-hydrogen) atoms. The molecule has 1 aromatic heterocycles. The smallest absolute Gasteiger partial charge is 0.262 e. The van der Waals surface area contributed by atoms with Gasteiger partial charge >= 0.3 is 0 Å². The summed E-state index contributed by atoms with van der Waals surface area (Å²) in [5.74, 6) is 0. The number of aryl methyl sites for hydroxylation is 1. The molecule has 0 atom stereocenters. The summed E-state index contributed by atoms with van der Waals surface area (Å²) in [5.41, 5.74) is 1.23. The van der Waals surface area contributed by atoms with Gasteiger partial charge in [0.1, 0.15) is 0 Å². The lowest BCUT2D eigenvalue weighted by molar-refractivity contribution is 0.601. The van der Waals surface area contributed by atoms with E-state index in [0.717, 1.165) is 0 Å². The van der Waals surface area contributed by atoms with Gasteiger partial charge in [-0.1, -0.05) is 11.6 Å². The van der Waals surface area contributed by atoms with Crippen molar-refractivity contribution in [1.82, 2.24) is 4.98 Å². The van der Waals surface area contributed by atoms with Crippen molar-refractivity contribution in [2.75, 3.05) is 4.72 Å². The Morgan fingerprint density at radius 1 is 1.35 bits per heavy atom. The Bertz CT molecular complexity index is 798. The molecule has 0 saturated carbocycles. The van der Waals surface area contributed by atoms with Gasteiger partial charge in [0.15, 0.2) is 5.15 Å². The van der Waals surface area contributed by atoms with Crippen LogP contribution in [0.25, 0.3) is 0 Å². The number of aromatic nitrogens is 1. The fraction of sp³-hybridized carbons (Fsp3) is 0.0769. The molecule has 0 radical (unpaired) electrons. The predicted octanol–water partition coefficient (Wildman–Crippen LogP) is 2.72. The van der Waals surface area contributed by atoms with Crippen LogP contribution in [0.4, 0.5) is 5.69 Å². The van der Waals surface area contributed by atoms with Crippen LogP contribution in [-0.2, 0) is 10.0 Å². The van der Waals surface area contributed by atoms with Crippen LogP contribution in [0.3, 0.4) is 0 Å². The molecule has 2 aromatic rings. The average molecular weight is 308 g/mol. The minimum Gasteiger partial charge on any atom is -0.276 e. The molecule has 1 aromatic carbocycles. The van der Waals surface area contributed by atoms with Gasteiger partial charge in [-0.05, 0) is 42.8 Å². The number of anilines is 1. The SMILES string of the molecule is Cc1cc(S(=O)(=O)Nc2cccnc2Cl)ccc1C#N. The fourth-order valence-electron chi connectivity index (χ4n) is 1.59. The minimum absolute atomic E-state index is 0.0638. The summed E-state index contributed by atoms with van der Waals surface area (Å²) in [5, 5.41) is 8.91. The first-order valence-electron chi connectivity index (χ1n) is 5.58. The van der Waals surface area contributed by atoms with E-state index in [0.29, 0.717) is 11.1 Å². The normalized spacial score (nSPS) is 10.8. The van der Waals surface area contributed by atoms with Crippen LogP contribution >= 0.6 is 11.6 Å². The topological polar surface area (TPSA) is 82.8 Å². The molecule has 1 heterocycles. The van der Waals surface area contributed by atoms with E-state index in [1.54, 1.807) is 13.0 Å². The van der Waals surface area contributed by atoms with Gasteiger partial charge in [-0.15, -0.1) is 0 Å². The van der Waals surface area contributed by atoms with Crippen molar-refractivity contribution in [2.45, 2.75) is 11.8 Å². The first-order chi connectivity index (χ1) is 9.44. The monoisotopic (exact) mass is 307 g/mol. The van der Waals surface area contributed by atoms with Crippen molar-refractivity contribution in [3.8, 4) is 6.07 Å². The van der Waals surface area contributed by atoms with Crippen LogP contribution in [0, 0.1) is 18.3 Å². The molecule has 0 fully saturated rings.